The second-order valence-electron chi connectivity index (χ2n) is 8.72. The summed E-state index contributed by atoms with van der Waals surface area (Å²) in [6, 6.07) is 5.83. The lowest BCUT2D eigenvalue weighted by Gasteiger charge is -2.53. The highest BCUT2D eigenvalue weighted by atomic mass is 16.5. The van der Waals surface area contributed by atoms with Gasteiger partial charge in [-0.1, -0.05) is 31.6 Å². The van der Waals surface area contributed by atoms with Crippen LogP contribution in [0.3, 0.4) is 0 Å². The molecule has 0 aliphatic heterocycles. The number of esters is 1. The van der Waals surface area contributed by atoms with E-state index in [4.69, 9.17) is 4.74 Å². The number of benzene rings is 1. The van der Waals surface area contributed by atoms with Crippen LogP contribution in [-0.4, -0.2) is 17.2 Å². The van der Waals surface area contributed by atoms with Crippen LogP contribution in [0.25, 0.3) is 6.08 Å². The van der Waals surface area contributed by atoms with Gasteiger partial charge in [-0.2, -0.15) is 0 Å². The molecule has 0 heterocycles. The summed E-state index contributed by atoms with van der Waals surface area (Å²) in [5, 5.41) is 9.87. The molecule has 25 heavy (non-hydrogen) atoms. The molecule has 3 nitrogen and oxygen atoms in total. The molecule has 134 valence electrons. The fourth-order valence-electron chi connectivity index (χ4n) is 6.35. The van der Waals surface area contributed by atoms with E-state index in [2.05, 4.69) is 32.9 Å². The van der Waals surface area contributed by atoms with Gasteiger partial charge in [-0.15, -0.1) is 0 Å². The van der Waals surface area contributed by atoms with Gasteiger partial charge in [0.1, 0.15) is 11.9 Å². The second kappa shape index (κ2) is 5.62. The number of hydrogen-bond donors (Lipinski definition) is 1. The molecule has 2 saturated carbocycles. The lowest BCUT2D eigenvalue weighted by atomic mass is 9.52. The average Bonchev–Trinajstić information content (AvgIpc) is 2.82. The van der Waals surface area contributed by atoms with Crippen LogP contribution in [0.4, 0.5) is 0 Å². The molecule has 4 rings (SSSR count). The highest BCUT2D eigenvalue weighted by molar-refractivity contribution is 5.66. The molecule has 3 unspecified atom stereocenters. The fourth-order valence-corrected chi connectivity index (χ4v) is 6.35. The van der Waals surface area contributed by atoms with Crippen LogP contribution in [0.1, 0.15) is 64.0 Å². The molecule has 3 aliphatic rings. The van der Waals surface area contributed by atoms with Crippen LogP contribution < -0.4 is 0 Å². The van der Waals surface area contributed by atoms with Crippen molar-refractivity contribution >= 4 is 12.0 Å². The van der Waals surface area contributed by atoms with E-state index in [-0.39, 0.29) is 17.5 Å². The summed E-state index contributed by atoms with van der Waals surface area (Å²) < 4.78 is 5.74. The maximum atomic E-state index is 11.6. The van der Waals surface area contributed by atoms with E-state index in [9.17, 15) is 9.90 Å². The number of hydrogen-bond acceptors (Lipinski definition) is 3. The van der Waals surface area contributed by atoms with Crippen molar-refractivity contribution in [1.29, 1.82) is 0 Å². The molecule has 2 fully saturated rings. The summed E-state index contributed by atoms with van der Waals surface area (Å²) in [5.41, 5.74) is 4.02. The van der Waals surface area contributed by atoms with Crippen molar-refractivity contribution in [2.45, 2.75) is 59.0 Å². The minimum atomic E-state index is -0.154. The molecule has 1 N–H and O–H groups in total. The summed E-state index contributed by atoms with van der Waals surface area (Å²) in [7, 11) is 0. The van der Waals surface area contributed by atoms with Gasteiger partial charge in [0.25, 0.3) is 0 Å². The summed E-state index contributed by atoms with van der Waals surface area (Å²) >= 11 is 0. The topological polar surface area (TPSA) is 46.5 Å². The van der Waals surface area contributed by atoms with Crippen molar-refractivity contribution in [1.82, 2.24) is 0 Å². The highest BCUT2D eigenvalue weighted by Crippen LogP contribution is 2.64. The third-order valence-electron chi connectivity index (χ3n) is 7.16. The number of carbonyl (C=O) groups excluding carboxylic acids is 1. The van der Waals surface area contributed by atoms with Gasteiger partial charge in [0, 0.05) is 12.3 Å². The Labute approximate surface area is 150 Å². The molecule has 0 amide bonds. The van der Waals surface area contributed by atoms with Crippen molar-refractivity contribution in [3.8, 4) is 5.75 Å². The highest BCUT2D eigenvalue weighted by Gasteiger charge is 2.58. The van der Waals surface area contributed by atoms with E-state index in [1.165, 1.54) is 23.6 Å². The smallest absolute Gasteiger partial charge is 0.302 e. The summed E-state index contributed by atoms with van der Waals surface area (Å²) in [6.07, 6.45) is 5.50. The third kappa shape index (κ3) is 2.43. The summed E-state index contributed by atoms with van der Waals surface area (Å²) in [4.78, 5) is 11.6. The monoisotopic (exact) mass is 340 g/mol. The van der Waals surface area contributed by atoms with E-state index in [0.29, 0.717) is 29.4 Å². The van der Waals surface area contributed by atoms with Crippen molar-refractivity contribution in [2.24, 2.45) is 23.2 Å². The van der Waals surface area contributed by atoms with E-state index >= 15 is 0 Å². The number of phenolic OH excluding ortho intramolecular Hbond substituents is 1. The van der Waals surface area contributed by atoms with Gasteiger partial charge >= 0.3 is 5.97 Å². The first-order valence-corrected chi connectivity index (χ1v) is 9.49. The molecule has 1 aromatic rings. The predicted molar refractivity (Wildman–Crippen MR) is 98.2 cm³/mol. The number of carbonyl (C=O) groups is 1. The quantitative estimate of drug-likeness (QED) is 0.740. The van der Waals surface area contributed by atoms with E-state index in [1.54, 1.807) is 0 Å². The molecule has 0 bridgehead atoms. The Bertz CT molecular complexity index is 750. The second-order valence-corrected chi connectivity index (χ2v) is 8.72. The molecule has 0 saturated heterocycles. The van der Waals surface area contributed by atoms with E-state index in [0.717, 1.165) is 19.3 Å². The molecule has 0 aromatic heterocycles. The number of phenols is 1. The van der Waals surface area contributed by atoms with Gasteiger partial charge in [0.05, 0.1) is 0 Å². The SMILES string of the molecule is CC(=O)O[C@H]1CCC2C3C(C)=Cc4cc(O)ccc4C3[C@@H](C)C[C@@]21C. The van der Waals surface area contributed by atoms with E-state index in [1.807, 2.05) is 12.1 Å². The normalized spacial score (nSPS) is 39.0. The van der Waals surface area contributed by atoms with Crippen LogP contribution in [0.15, 0.2) is 23.8 Å². The molecule has 3 heteroatoms. The summed E-state index contributed by atoms with van der Waals surface area (Å²) in [6.45, 7) is 8.45. The minimum absolute atomic E-state index is 0.0485. The third-order valence-corrected chi connectivity index (χ3v) is 7.16. The lowest BCUT2D eigenvalue weighted by molar-refractivity contribution is -0.155. The number of aromatic hydroxyl groups is 1. The maximum absolute atomic E-state index is 11.6. The van der Waals surface area contributed by atoms with Crippen molar-refractivity contribution in [3.05, 3.63) is 34.9 Å². The van der Waals surface area contributed by atoms with Crippen molar-refractivity contribution in [3.63, 3.8) is 0 Å². The first-order valence-electron chi connectivity index (χ1n) is 9.49. The molecule has 0 radical (unpaired) electrons. The predicted octanol–water partition coefficient (Wildman–Crippen LogP) is 4.90. The van der Waals surface area contributed by atoms with Crippen LogP contribution in [0, 0.1) is 23.2 Å². The van der Waals surface area contributed by atoms with E-state index < -0.39 is 0 Å². The first-order chi connectivity index (χ1) is 11.8. The Morgan fingerprint density at radius 3 is 2.76 bits per heavy atom. The van der Waals surface area contributed by atoms with Gasteiger partial charge in [0.2, 0.25) is 0 Å². The maximum Gasteiger partial charge on any atom is 0.302 e. The molecule has 1 aromatic carbocycles. The average molecular weight is 340 g/mol. The van der Waals surface area contributed by atoms with Crippen LogP contribution in [0.2, 0.25) is 0 Å². The first kappa shape index (κ1) is 16.7. The number of ether oxygens (including phenoxy) is 1. The Morgan fingerprint density at radius 2 is 2.04 bits per heavy atom. The summed E-state index contributed by atoms with van der Waals surface area (Å²) in [5.74, 6) is 2.26. The molecule has 3 aliphatic carbocycles. The van der Waals surface area contributed by atoms with Gasteiger partial charge in [0.15, 0.2) is 0 Å². The Kier molecular flexibility index (Phi) is 3.75. The fraction of sp³-hybridized carbons (Fsp3) is 0.591. The number of rotatable bonds is 1. The Hall–Kier alpha value is -1.77. The molecule has 0 spiro atoms. The van der Waals surface area contributed by atoms with Gasteiger partial charge < -0.3 is 9.84 Å². The van der Waals surface area contributed by atoms with Crippen LogP contribution >= 0.6 is 0 Å². The lowest BCUT2D eigenvalue weighted by Crippen LogP contribution is -2.48. The van der Waals surface area contributed by atoms with Crippen LogP contribution in [0.5, 0.6) is 5.75 Å². The largest absolute Gasteiger partial charge is 0.508 e. The zero-order valence-electron chi connectivity index (χ0n) is 15.6. The Morgan fingerprint density at radius 1 is 1.28 bits per heavy atom. The number of fused-ring (bicyclic) bond motifs is 5. The van der Waals surface area contributed by atoms with Crippen LogP contribution in [-0.2, 0) is 9.53 Å². The molecular weight excluding hydrogens is 312 g/mol. The van der Waals surface area contributed by atoms with Gasteiger partial charge in [-0.25, -0.2) is 0 Å². The van der Waals surface area contributed by atoms with Crippen molar-refractivity contribution in [2.75, 3.05) is 0 Å². The van der Waals surface area contributed by atoms with Gasteiger partial charge in [-0.3, -0.25) is 4.79 Å². The number of allylic oxidation sites excluding steroid dienone is 1. The van der Waals surface area contributed by atoms with Gasteiger partial charge in [-0.05, 0) is 73.1 Å². The zero-order valence-corrected chi connectivity index (χ0v) is 15.6. The standard InChI is InChI=1S/C22H28O3/c1-12-9-15-10-16(24)5-6-17(15)20-13(2)11-22(4)18(21(12)20)7-8-19(22)25-14(3)23/h5-6,9-10,13,18-21,24H,7-8,11H2,1-4H3/t13-,18?,19-,20?,21?,22-/m0/s1. The zero-order chi connectivity index (χ0) is 17.9. The van der Waals surface area contributed by atoms with Crippen molar-refractivity contribution < 1.29 is 14.6 Å². The molecular formula is C22H28O3. The molecule has 6 atom stereocenters. The minimum Gasteiger partial charge on any atom is -0.508 e. The Balaban J connectivity index is 1.76.